The third-order valence-electron chi connectivity index (χ3n) is 4.79. The molecule has 0 heterocycles. The molecule has 4 rings (SSSR count). The minimum Gasteiger partial charge on any atom is -0.497 e. The SMILES string of the molecule is COc1ccc(NC(=O)c2ccc(NC(=O)c3cccc4ccccc34)cc2)cc1. The van der Waals surface area contributed by atoms with Gasteiger partial charge in [-0.1, -0.05) is 36.4 Å². The quantitative estimate of drug-likeness (QED) is 0.478. The first-order valence-corrected chi connectivity index (χ1v) is 9.48. The molecule has 0 atom stereocenters. The summed E-state index contributed by atoms with van der Waals surface area (Å²) in [6.07, 6.45) is 0. The van der Waals surface area contributed by atoms with E-state index in [-0.39, 0.29) is 11.8 Å². The smallest absolute Gasteiger partial charge is 0.256 e. The van der Waals surface area contributed by atoms with E-state index < -0.39 is 0 Å². The molecule has 0 saturated heterocycles. The van der Waals surface area contributed by atoms with Crippen LogP contribution in [0.3, 0.4) is 0 Å². The van der Waals surface area contributed by atoms with Crippen molar-refractivity contribution < 1.29 is 14.3 Å². The average molecular weight is 396 g/mol. The first-order valence-electron chi connectivity index (χ1n) is 9.48. The standard InChI is InChI=1S/C25H20N2O3/c1-30-21-15-13-20(14-16-21)26-24(28)18-9-11-19(12-10-18)27-25(29)23-8-4-6-17-5-2-3-7-22(17)23/h2-16H,1H3,(H,26,28)(H,27,29). The van der Waals surface area contributed by atoms with E-state index in [0.29, 0.717) is 22.5 Å². The Balaban J connectivity index is 1.45. The fourth-order valence-electron chi connectivity index (χ4n) is 3.20. The Morgan fingerprint density at radius 2 is 1.27 bits per heavy atom. The van der Waals surface area contributed by atoms with E-state index in [1.807, 2.05) is 36.4 Å². The van der Waals surface area contributed by atoms with Crippen molar-refractivity contribution in [2.24, 2.45) is 0 Å². The van der Waals surface area contributed by atoms with Crippen molar-refractivity contribution >= 4 is 34.0 Å². The largest absolute Gasteiger partial charge is 0.497 e. The number of nitrogens with one attached hydrogen (secondary N) is 2. The summed E-state index contributed by atoms with van der Waals surface area (Å²) in [7, 11) is 1.59. The third kappa shape index (κ3) is 4.15. The molecule has 4 aromatic rings. The van der Waals surface area contributed by atoms with Gasteiger partial charge in [0.2, 0.25) is 0 Å². The highest BCUT2D eigenvalue weighted by Gasteiger charge is 2.11. The van der Waals surface area contributed by atoms with Crippen LogP contribution in [0.4, 0.5) is 11.4 Å². The van der Waals surface area contributed by atoms with Gasteiger partial charge in [0.1, 0.15) is 5.75 Å². The molecule has 0 aliphatic rings. The summed E-state index contributed by atoms with van der Waals surface area (Å²) in [5.74, 6) is 0.300. The molecular weight excluding hydrogens is 376 g/mol. The Morgan fingerprint density at radius 1 is 0.667 bits per heavy atom. The Labute approximate surface area is 174 Å². The fourth-order valence-corrected chi connectivity index (χ4v) is 3.20. The van der Waals surface area contributed by atoms with Gasteiger partial charge in [-0.05, 0) is 65.4 Å². The summed E-state index contributed by atoms with van der Waals surface area (Å²) in [5.41, 5.74) is 2.39. The molecule has 5 heteroatoms. The molecule has 148 valence electrons. The highest BCUT2D eigenvalue weighted by atomic mass is 16.5. The molecule has 0 spiro atoms. The maximum absolute atomic E-state index is 12.7. The number of fused-ring (bicyclic) bond motifs is 1. The maximum atomic E-state index is 12.7. The zero-order valence-electron chi connectivity index (χ0n) is 16.4. The van der Waals surface area contributed by atoms with E-state index in [0.717, 1.165) is 16.5 Å². The van der Waals surface area contributed by atoms with Crippen LogP contribution in [-0.4, -0.2) is 18.9 Å². The Kier molecular flexibility index (Phi) is 5.44. The number of rotatable bonds is 5. The number of methoxy groups -OCH3 is 1. The van der Waals surface area contributed by atoms with E-state index >= 15 is 0 Å². The van der Waals surface area contributed by atoms with E-state index in [1.165, 1.54) is 0 Å². The van der Waals surface area contributed by atoms with Crippen LogP contribution in [0.1, 0.15) is 20.7 Å². The van der Waals surface area contributed by atoms with Crippen molar-refractivity contribution in [2.75, 3.05) is 17.7 Å². The number of hydrogen-bond acceptors (Lipinski definition) is 3. The fraction of sp³-hybridized carbons (Fsp3) is 0.0400. The summed E-state index contributed by atoms with van der Waals surface area (Å²) in [5, 5.41) is 7.63. The number of hydrogen-bond donors (Lipinski definition) is 2. The molecule has 0 bridgehead atoms. The highest BCUT2D eigenvalue weighted by molar-refractivity contribution is 6.13. The number of benzene rings is 4. The summed E-state index contributed by atoms with van der Waals surface area (Å²) >= 11 is 0. The summed E-state index contributed by atoms with van der Waals surface area (Å²) < 4.78 is 5.11. The lowest BCUT2D eigenvalue weighted by Crippen LogP contribution is -2.14. The number of anilines is 2. The second kappa shape index (κ2) is 8.49. The van der Waals surface area contributed by atoms with Gasteiger partial charge >= 0.3 is 0 Å². The minimum atomic E-state index is -0.230. The second-order valence-electron chi connectivity index (χ2n) is 6.74. The summed E-state index contributed by atoms with van der Waals surface area (Å²) in [6.45, 7) is 0. The molecule has 0 unspecified atom stereocenters. The second-order valence-corrected chi connectivity index (χ2v) is 6.74. The van der Waals surface area contributed by atoms with E-state index in [4.69, 9.17) is 4.74 Å². The predicted octanol–water partition coefficient (Wildman–Crippen LogP) is 5.35. The Morgan fingerprint density at radius 3 is 1.97 bits per heavy atom. The highest BCUT2D eigenvalue weighted by Crippen LogP contribution is 2.21. The molecule has 2 N–H and O–H groups in total. The van der Waals surface area contributed by atoms with Gasteiger partial charge in [-0.2, -0.15) is 0 Å². The van der Waals surface area contributed by atoms with Crippen molar-refractivity contribution in [3.63, 3.8) is 0 Å². The van der Waals surface area contributed by atoms with Crippen LogP contribution in [0, 0.1) is 0 Å². The van der Waals surface area contributed by atoms with Crippen LogP contribution >= 0.6 is 0 Å². The minimum absolute atomic E-state index is 0.192. The Bertz CT molecular complexity index is 1190. The first-order chi connectivity index (χ1) is 14.6. The van der Waals surface area contributed by atoms with Gasteiger partial charge in [0, 0.05) is 22.5 Å². The molecule has 4 aromatic carbocycles. The molecule has 5 nitrogen and oxygen atoms in total. The molecule has 0 aromatic heterocycles. The van der Waals surface area contributed by atoms with Crippen LogP contribution in [0.5, 0.6) is 5.75 Å². The van der Waals surface area contributed by atoms with Crippen molar-refractivity contribution in [2.45, 2.75) is 0 Å². The summed E-state index contributed by atoms with van der Waals surface area (Å²) in [4.78, 5) is 25.2. The van der Waals surface area contributed by atoms with Gasteiger partial charge in [-0.25, -0.2) is 0 Å². The lowest BCUT2D eigenvalue weighted by molar-refractivity contribution is 0.102. The number of carbonyl (C=O) groups is 2. The van der Waals surface area contributed by atoms with Crippen molar-refractivity contribution in [3.05, 3.63) is 102 Å². The van der Waals surface area contributed by atoms with Crippen molar-refractivity contribution in [1.29, 1.82) is 0 Å². The van der Waals surface area contributed by atoms with Crippen molar-refractivity contribution in [1.82, 2.24) is 0 Å². The van der Waals surface area contributed by atoms with Gasteiger partial charge < -0.3 is 15.4 Å². The Hall–Kier alpha value is -4.12. The lowest BCUT2D eigenvalue weighted by atomic mass is 10.0. The van der Waals surface area contributed by atoms with Gasteiger partial charge in [-0.15, -0.1) is 0 Å². The molecule has 0 saturated carbocycles. The van der Waals surface area contributed by atoms with Gasteiger partial charge in [-0.3, -0.25) is 9.59 Å². The van der Waals surface area contributed by atoms with Crippen molar-refractivity contribution in [3.8, 4) is 5.75 Å². The normalized spacial score (nSPS) is 10.4. The predicted molar refractivity (Wildman–Crippen MR) is 119 cm³/mol. The van der Waals surface area contributed by atoms with Gasteiger partial charge in [0.25, 0.3) is 11.8 Å². The van der Waals surface area contributed by atoms with E-state index in [2.05, 4.69) is 10.6 Å². The summed E-state index contributed by atoms with van der Waals surface area (Å²) in [6, 6.07) is 27.3. The van der Waals surface area contributed by atoms with Crippen LogP contribution < -0.4 is 15.4 Å². The molecule has 0 aliphatic heterocycles. The van der Waals surface area contributed by atoms with Gasteiger partial charge in [0.05, 0.1) is 7.11 Å². The third-order valence-corrected chi connectivity index (χ3v) is 4.79. The molecule has 0 fully saturated rings. The van der Waals surface area contributed by atoms with Crippen LogP contribution in [-0.2, 0) is 0 Å². The first kappa shape index (κ1) is 19.2. The van der Waals surface area contributed by atoms with Crippen LogP contribution in [0.2, 0.25) is 0 Å². The molecular formula is C25H20N2O3. The number of carbonyl (C=O) groups excluding carboxylic acids is 2. The van der Waals surface area contributed by atoms with Gasteiger partial charge in [0.15, 0.2) is 0 Å². The number of ether oxygens (including phenoxy) is 1. The number of amides is 2. The average Bonchev–Trinajstić information content (AvgIpc) is 2.79. The monoisotopic (exact) mass is 396 g/mol. The zero-order valence-corrected chi connectivity index (χ0v) is 16.4. The molecule has 2 amide bonds. The lowest BCUT2D eigenvalue weighted by Gasteiger charge is -2.09. The topological polar surface area (TPSA) is 67.4 Å². The molecule has 30 heavy (non-hydrogen) atoms. The van der Waals surface area contributed by atoms with E-state index in [1.54, 1.807) is 61.7 Å². The van der Waals surface area contributed by atoms with E-state index in [9.17, 15) is 9.59 Å². The molecule has 0 radical (unpaired) electrons. The zero-order chi connectivity index (χ0) is 20.9. The van der Waals surface area contributed by atoms with Crippen LogP contribution in [0.15, 0.2) is 91.0 Å². The maximum Gasteiger partial charge on any atom is 0.256 e. The van der Waals surface area contributed by atoms with Crippen LogP contribution in [0.25, 0.3) is 10.8 Å². The molecule has 0 aliphatic carbocycles.